The maximum Gasteiger partial charge on any atom is 0.159 e. The van der Waals surface area contributed by atoms with Crippen molar-refractivity contribution in [3.8, 4) is 0 Å². The van der Waals surface area contributed by atoms with Gasteiger partial charge in [0.25, 0.3) is 0 Å². The monoisotopic (exact) mass is 430 g/mol. The summed E-state index contributed by atoms with van der Waals surface area (Å²) in [6.07, 6.45) is 4.88. The van der Waals surface area contributed by atoms with E-state index in [1.165, 1.54) is 6.26 Å². The van der Waals surface area contributed by atoms with Gasteiger partial charge < -0.3 is 14.9 Å². The molecule has 168 valence electrons. The van der Waals surface area contributed by atoms with Crippen molar-refractivity contribution in [3.63, 3.8) is 0 Å². The Kier molecular flexibility index (Phi) is 8.63. The quantitative estimate of drug-likeness (QED) is 0.620. The molecule has 0 radical (unpaired) electrons. The molecule has 0 unspecified atom stereocenters. The van der Waals surface area contributed by atoms with E-state index in [-0.39, 0.29) is 44.0 Å². The van der Waals surface area contributed by atoms with Crippen molar-refractivity contribution in [2.45, 2.75) is 84.2 Å². The Morgan fingerprint density at radius 2 is 1.83 bits per heavy atom. The van der Waals surface area contributed by atoms with Gasteiger partial charge in [0.1, 0.15) is 15.6 Å². The minimum Gasteiger partial charge on any atom is -0.395 e. The average Bonchev–Trinajstić information content (AvgIpc) is 3.04. The summed E-state index contributed by atoms with van der Waals surface area (Å²) < 4.78 is 28.2. The maximum absolute atomic E-state index is 12.8. The third-order valence-electron chi connectivity index (χ3n) is 5.63. The molecular weight excluding hydrogens is 392 g/mol. The number of aliphatic hydroxyl groups is 1. The third kappa shape index (κ3) is 7.50. The summed E-state index contributed by atoms with van der Waals surface area (Å²) in [5, 5.41) is 16.9. The molecule has 0 aromatic carbocycles. The Balaban J connectivity index is 0.00000420. The molecule has 2 rings (SSSR count). The van der Waals surface area contributed by atoms with Crippen molar-refractivity contribution in [1.29, 1.82) is 0 Å². The van der Waals surface area contributed by atoms with Crippen LogP contribution >= 0.6 is 0 Å². The van der Waals surface area contributed by atoms with E-state index >= 15 is 0 Å². The number of hydrogen-bond donors (Lipinski definition) is 2. The topological polar surface area (TPSA) is 110 Å². The van der Waals surface area contributed by atoms with Gasteiger partial charge in [0.05, 0.1) is 30.0 Å². The van der Waals surface area contributed by atoms with Gasteiger partial charge in [0, 0.05) is 23.8 Å². The highest BCUT2D eigenvalue weighted by Crippen LogP contribution is 2.27. The molecule has 1 heterocycles. The SMILES string of the molecule is C.CC(C)(NC1CCC(CS(C)(=O)=O)CC1)C(=O)Cc1cc(C(C)(C)CO)no1. The van der Waals surface area contributed by atoms with Gasteiger partial charge in [-0.3, -0.25) is 4.79 Å². The van der Waals surface area contributed by atoms with E-state index in [9.17, 15) is 18.3 Å². The zero-order valence-corrected chi connectivity index (χ0v) is 18.4. The highest BCUT2D eigenvalue weighted by atomic mass is 32.2. The molecule has 1 aliphatic rings. The van der Waals surface area contributed by atoms with Crippen LogP contribution in [0.15, 0.2) is 10.6 Å². The minimum atomic E-state index is -2.94. The van der Waals surface area contributed by atoms with Gasteiger partial charge in [-0.2, -0.15) is 0 Å². The normalized spacial score (nSPS) is 20.9. The molecule has 8 heteroatoms. The van der Waals surface area contributed by atoms with Crippen LogP contribution in [0.25, 0.3) is 0 Å². The second kappa shape index (κ2) is 9.71. The summed E-state index contributed by atoms with van der Waals surface area (Å²) in [6.45, 7) is 7.41. The van der Waals surface area contributed by atoms with Crippen LogP contribution in [0.4, 0.5) is 0 Å². The number of hydrogen-bond acceptors (Lipinski definition) is 7. The number of sulfone groups is 1. The van der Waals surface area contributed by atoms with Crippen LogP contribution in [0.5, 0.6) is 0 Å². The fourth-order valence-corrected chi connectivity index (χ4v) is 4.86. The fourth-order valence-electron chi connectivity index (χ4n) is 3.67. The van der Waals surface area contributed by atoms with Crippen LogP contribution in [0.1, 0.15) is 72.3 Å². The molecule has 1 aliphatic carbocycles. The third-order valence-corrected chi connectivity index (χ3v) is 6.71. The van der Waals surface area contributed by atoms with Gasteiger partial charge >= 0.3 is 0 Å². The first-order valence-electron chi connectivity index (χ1n) is 9.88. The number of aliphatic hydroxyl groups excluding tert-OH is 1. The number of rotatable bonds is 9. The molecule has 29 heavy (non-hydrogen) atoms. The highest BCUT2D eigenvalue weighted by molar-refractivity contribution is 7.90. The van der Waals surface area contributed by atoms with Crippen molar-refractivity contribution in [3.05, 3.63) is 17.5 Å². The zero-order chi connectivity index (χ0) is 21.2. The molecule has 1 fully saturated rings. The second-order valence-electron chi connectivity index (χ2n) is 9.40. The van der Waals surface area contributed by atoms with Gasteiger partial charge in [-0.25, -0.2) is 8.42 Å². The van der Waals surface area contributed by atoms with E-state index in [4.69, 9.17) is 4.52 Å². The van der Waals surface area contributed by atoms with Crippen molar-refractivity contribution in [2.75, 3.05) is 18.6 Å². The number of Topliss-reactive ketones (excluding diaryl/α,β-unsaturated/α-hetero) is 1. The van der Waals surface area contributed by atoms with Crippen LogP contribution in [0.2, 0.25) is 0 Å². The zero-order valence-electron chi connectivity index (χ0n) is 17.6. The molecule has 0 saturated heterocycles. The van der Waals surface area contributed by atoms with Crippen molar-refractivity contribution in [2.24, 2.45) is 5.92 Å². The molecule has 0 spiro atoms. The van der Waals surface area contributed by atoms with Crippen LogP contribution in [0.3, 0.4) is 0 Å². The maximum atomic E-state index is 12.8. The summed E-state index contributed by atoms with van der Waals surface area (Å²) in [5.74, 6) is 0.970. The van der Waals surface area contributed by atoms with Crippen LogP contribution in [0, 0.1) is 5.92 Å². The van der Waals surface area contributed by atoms with Crippen molar-refractivity contribution in [1.82, 2.24) is 10.5 Å². The smallest absolute Gasteiger partial charge is 0.159 e. The largest absolute Gasteiger partial charge is 0.395 e. The van der Waals surface area contributed by atoms with Crippen LogP contribution < -0.4 is 5.32 Å². The summed E-state index contributed by atoms with van der Waals surface area (Å²) in [5.41, 5.74) is -0.593. The van der Waals surface area contributed by atoms with E-state index in [0.29, 0.717) is 11.5 Å². The van der Waals surface area contributed by atoms with Gasteiger partial charge in [-0.1, -0.05) is 26.4 Å². The van der Waals surface area contributed by atoms with Crippen molar-refractivity contribution < 1.29 is 22.8 Å². The lowest BCUT2D eigenvalue weighted by atomic mass is 9.85. The van der Waals surface area contributed by atoms with Gasteiger partial charge in [0.15, 0.2) is 5.78 Å². The molecule has 0 atom stereocenters. The van der Waals surface area contributed by atoms with E-state index in [1.807, 2.05) is 27.7 Å². The average molecular weight is 431 g/mol. The Hall–Kier alpha value is -1.25. The Bertz CT molecular complexity index is 775. The van der Waals surface area contributed by atoms with Gasteiger partial charge in [-0.15, -0.1) is 0 Å². The lowest BCUT2D eigenvalue weighted by molar-refractivity contribution is -0.124. The predicted molar refractivity (Wildman–Crippen MR) is 115 cm³/mol. The lowest BCUT2D eigenvalue weighted by Gasteiger charge is -2.35. The molecule has 0 bridgehead atoms. The van der Waals surface area contributed by atoms with Gasteiger partial charge in [0.2, 0.25) is 0 Å². The number of ketones is 1. The number of carbonyl (C=O) groups excluding carboxylic acids is 1. The molecule has 0 amide bonds. The van der Waals surface area contributed by atoms with E-state index in [1.54, 1.807) is 6.07 Å². The molecule has 1 saturated carbocycles. The number of nitrogens with one attached hydrogen (secondary N) is 1. The Labute approximate surface area is 175 Å². The highest BCUT2D eigenvalue weighted by Gasteiger charge is 2.33. The summed E-state index contributed by atoms with van der Waals surface area (Å²) in [7, 11) is -2.94. The Morgan fingerprint density at radius 3 is 2.34 bits per heavy atom. The molecule has 1 aromatic rings. The van der Waals surface area contributed by atoms with E-state index in [0.717, 1.165) is 25.7 Å². The molecule has 7 nitrogen and oxygen atoms in total. The first-order chi connectivity index (χ1) is 12.8. The first-order valence-corrected chi connectivity index (χ1v) is 11.9. The molecule has 1 aromatic heterocycles. The van der Waals surface area contributed by atoms with Crippen molar-refractivity contribution >= 4 is 15.6 Å². The first kappa shape index (κ1) is 25.8. The number of nitrogens with zero attached hydrogens (tertiary/aromatic N) is 1. The predicted octanol–water partition coefficient (Wildman–Crippen LogP) is 2.66. The summed E-state index contributed by atoms with van der Waals surface area (Å²) in [6, 6.07) is 1.94. The number of aromatic nitrogens is 1. The van der Waals surface area contributed by atoms with Gasteiger partial charge in [-0.05, 0) is 45.4 Å². The second-order valence-corrected chi connectivity index (χ2v) is 11.6. The molecular formula is C21H38N2O5S. The minimum absolute atomic E-state index is 0. The fraction of sp³-hybridized carbons (Fsp3) is 0.810. The molecule has 2 N–H and O–H groups in total. The Morgan fingerprint density at radius 1 is 1.24 bits per heavy atom. The van der Waals surface area contributed by atoms with E-state index < -0.39 is 20.8 Å². The standard InChI is InChI=1S/C20H34N2O5S.CH4/c1-19(2,13-23)17-10-16(27-22-17)11-18(24)20(3,4)21-15-8-6-14(7-9-15)12-28(5,25)26;/h10,14-15,21,23H,6-9,11-13H2,1-5H3;1H4. The summed E-state index contributed by atoms with van der Waals surface area (Å²) >= 11 is 0. The molecule has 0 aliphatic heterocycles. The number of carbonyl (C=O) groups is 1. The summed E-state index contributed by atoms with van der Waals surface area (Å²) in [4.78, 5) is 12.8. The van der Waals surface area contributed by atoms with E-state index in [2.05, 4.69) is 10.5 Å². The van der Waals surface area contributed by atoms with Crippen LogP contribution in [-0.2, 0) is 26.5 Å². The van der Waals surface area contributed by atoms with Crippen LogP contribution in [-0.4, -0.2) is 54.7 Å². The lowest BCUT2D eigenvalue weighted by Crippen LogP contribution is -2.53.